The molecule has 120 valence electrons. The molecule has 0 bridgehead atoms. The average Bonchev–Trinajstić information content (AvgIpc) is 3.04. The summed E-state index contributed by atoms with van der Waals surface area (Å²) in [7, 11) is 1.65. The molecular weight excluding hydrogens is 292 g/mol. The quantitative estimate of drug-likeness (QED) is 0.624. The monoisotopic (exact) mass is 312 g/mol. The highest BCUT2D eigenvalue weighted by Crippen LogP contribution is 2.15. The Morgan fingerprint density at radius 3 is 3.04 bits per heavy atom. The Bertz CT molecular complexity index is 757. The van der Waals surface area contributed by atoms with Gasteiger partial charge in [0.2, 0.25) is 5.88 Å². The molecule has 2 heterocycles. The van der Waals surface area contributed by atoms with Crippen LogP contribution < -0.4 is 10.1 Å². The van der Waals surface area contributed by atoms with Crippen molar-refractivity contribution in [3.05, 3.63) is 53.9 Å². The Balaban J connectivity index is 1.57. The maximum Gasteiger partial charge on any atom is 0.217 e. The molecule has 0 amide bonds. The summed E-state index contributed by atoms with van der Waals surface area (Å²) < 4.78 is 10.6. The fraction of sp³-hybridized carbons (Fsp3) is 0.294. The lowest BCUT2D eigenvalue weighted by atomic mass is 10.1. The van der Waals surface area contributed by atoms with E-state index in [1.807, 2.05) is 18.3 Å². The smallest absolute Gasteiger partial charge is 0.217 e. The number of aromatic nitrogens is 3. The van der Waals surface area contributed by atoms with Crippen LogP contribution in [0.1, 0.15) is 11.1 Å². The predicted octanol–water partition coefficient (Wildman–Crippen LogP) is 2.27. The third-order valence-corrected chi connectivity index (χ3v) is 3.53. The van der Waals surface area contributed by atoms with Crippen molar-refractivity contribution in [2.24, 2.45) is 0 Å². The van der Waals surface area contributed by atoms with Crippen molar-refractivity contribution in [2.75, 3.05) is 20.3 Å². The number of hydrogen-bond donors (Lipinski definition) is 2. The minimum absolute atomic E-state index is 0.497. The summed E-state index contributed by atoms with van der Waals surface area (Å²) in [6.45, 7) is 2.50. The minimum Gasteiger partial charge on any atom is -0.475 e. The second-order valence-corrected chi connectivity index (χ2v) is 5.20. The van der Waals surface area contributed by atoms with Gasteiger partial charge in [-0.2, -0.15) is 5.10 Å². The number of rotatable bonds is 8. The van der Waals surface area contributed by atoms with Crippen LogP contribution in [0, 0.1) is 0 Å². The van der Waals surface area contributed by atoms with Gasteiger partial charge in [-0.3, -0.25) is 5.10 Å². The summed E-state index contributed by atoms with van der Waals surface area (Å²) in [5, 5.41) is 11.6. The number of nitrogens with zero attached hydrogens (tertiary/aromatic N) is 2. The Morgan fingerprint density at radius 1 is 1.17 bits per heavy atom. The molecule has 6 nitrogen and oxygen atoms in total. The number of hydrogen-bond acceptors (Lipinski definition) is 5. The van der Waals surface area contributed by atoms with Gasteiger partial charge >= 0.3 is 0 Å². The van der Waals surface area contributed by atoms with Crippen LogP contribution in [0.25, 0.3) is 10.9 Å². The molecule has 2 aromatic heterocycles. The first kappa shape index (κ1) is 15.5. The van der Waals surface area contributed by atoms with Crippen LogP contribution in [-0.2, 0) is 17.8 Å². The second kappa shape index (κ2) is 7.71. The van der Waals surface area contributed by atoms with Gasteiger partial charge in [0.25, 0.3) is 0 Å². The third-order valence-electron chi connectivity index (χ3n) is 3.53. The molecule has 0 atom stereocenters. The summed E-state index contributed by atoms with van der Waals surface area (Å²) in [4.78, 5) is 4.28. The summed E-state index contributed by atoms with van der Waals surface area (Å²) in [5.41, 5.74) is 3.29. The van der Waals surface area contributed by atoms with Gasteiger partial charge in [-0.05, 0) is 17.7 Å². The molecule has 2 N–H and O–H groups in total. The highest BCUT2D eigenvalue weighted by molar-refractivity contribution is 5.78. The molecule has 0 radical (unpaired) electrons. The van der Waals surface area contributed by atoms with Crippen molar-refractivity contribution in [2.45, 2.75) is 13.1 Å². The Hall–Kier alpha value is -2.44. The fourth-order valence-electron chi connectivity index (χ4n) is 2.35. The maximum absolute atomic E-state index is 5.64. The predicted molar refractivity (Wildman–Crippen MR) is 88.2 cm³/mol. The first-order valence-corrected chi connectivity index (χ1v) is 7.55. The van der Waals surface area contributed by atoms with Crippen molar-refractivity contribution in [3.8, 4) is 5.88 Å². The molecule has 6 heteroatoms. The van der Waals surface area contributed by atoms with E-state index in [0.717, 1.165) is 23.0 Å². The van der Waals surface area contributed by atoms with Crippen molar-refractivity contribution >= 4 is 10.9 Å². The van der Waals surface area contributed by atoms with Gasteiger partial charge in [-0.15, -0.1) is 0 Å². The largest absolute Gasteiger partial charge is 0.475 e. The summed E-state index contributed by atoms with van der Waals surface area (Å²) in [6, 6.07) is 10.2. The molecule has 0 unspecified atom stereocenters. The summed E-state index contributed by atoms with van der Waals surface area (Å²) in [6.07, 6.45) is 3.56. The molecule has 0 aliphatic heterocycles. The van der Waals surface area contributed by atoms with Gasteiger partial charge in [0, 0.05) is 37.3 Å². The number of methoxy groups -OCH3 is 1. The molecule has 0 spiro atoms. The van der Waals surface area contributed by atoms with Crippen LogP contribution in [0.3, 0.4) is 0 Å². The van der Waals surface area contributed by atoms with Gasteiger partial charge in [-0.1, -0.05) is 18.2 Å². The molecule has 0 aliphatic carbocycles. The fourth-order valence-corrected chi connectivity index (χ4v) is 2.35. The standard InChI is InChI=1S/C17H20N4O2/c1-22-7-8-23-17-15(3-2-6-19-17)11-18-10-13-4-5-14-12-20-21-16(14)9-13/h2-6,9,12,18H,7-8,10-11H2,1H3,(H,20,21). The van der Waals surface area contributed by atoms with Crippen LogP contribution in [0.4, 0.5) is 0 Å². The van der Waals surface area contributed by atoms with E-state index in [2.05, 4.69) is 38.7 Å². The lowest BCUT2D eigenvalue weighted by Gasteiger charge is -2.11. The van der Waals surface area contributed by atoms with E-state index in [1.165, 1.54) is 5.56 Å². The Labute approximate surface area is 134 Å². The summed E-state index contributed by atoms with van der Waals surface area (Å²) >= 11 is 0. The van der Waals surface area contributed by atoms with E-state index in [1.54, 1.807) is 13.3 Å². The van der Waals surface area contributed by atoms with E-state index in [0.29, 0.717) is 25.6 Å². The third kappa shape index (κ3) is 4.06. The van der Waals surface area contributed by atoms with Crippen LogP contribution in [-0.4, -0.2) is 35.5 Å². The number of H-pyrrole nitrogens is 1. The number of pyridine rings is 1. The average molecular weight is 312 g/mol. The molecular formula is C17H20N4O2. The maximum atomic E-state index is 5.64. The molecule has 0 fully saturated rings. The SMILES string of the molecule is COCCOc1ncccc1CNCc1ccc2cn[nH]c2c1. The molecule has 23 heavy (non-hydrogen) atoms. The number of nitrogens with one attached hydrogen (secondary N) is 2. The van der Waals surface area contributed by atoms with Crippen LogP contribution in [0.15, 0.2) is 42.7 Å². The van der Waals surface area contributed by atoms with E-state index in [4.69, 9.17) is 9.47 Å². The van der Waals surface area contributed by atoms with E-state index < -0.39 is 0 Å². The molecule has 3 aromatic rings. The molecule has 1 aromatic carbocycles. The van der Waals surface area contributed by atoms with Crippen molar-refractivity contribution < 1.29 is 9.47 Å². The molecule has 0 saturated heterocycles. The van der Waals surface area contributed by atoms with Crippen molar-refractivity contribution in [3.63, 3.8) is 0 Å². The second-order valence-electron chi connectivity index (χ2n) is 5.20. The zero-order valence-electron chi connectivity index (χ0n) is 13.1. The lowest BCUT2D eigenvalue weighted by Crippen LogP contribution is -2.15. The van der Waals surface area contributed by atoms with Gasteiger partial charge in [0.05, 0.1) is 18.3 Å². The highest BCUT2D eigenvalue weighted by atomic mass is 16.5. The molecule has 0 saturated carbocycles. The molecule has 3 rings (SSSR count). The van der Waals surface area contributed by atoms with Gasteiger partial charge in [0.1, 0.15) is 6.61 Å². The number of aromatic amines is 1. The van der Waals surface area contributed by atoms with Gasteiger partial charge < -0.3 is 14.8 Å². The highest BCUT2D eigenvalue weighted by Gasteiger charge is 2.05. The van der Waals surface area contributed by atoms with Crippen molar-refractivity contribution in [1.82, 2.24) is 20.5 Å². The Kier molecular flexibility index (Phi) is 5.18. The van der Waals surface area contributed by atoms with E-state index in [-0.39, 0.29) is 0 Å². The van der Waals surface area contributed by atoms with Crippen LogP contribution in [0.2, 0.25) is 0 Å². The van der Waals surface area contributed by atoms with E-state index >= 15 is 0 Å². The lowest BCUT2D eigenvalue weighted by molar-refractivity contribution is 0.143. The number of ether oxygens (including phenoxy) is 2. The summed E-state index contributed by atoms with van der Waals surface area (Å²) in [5.74, 6) is 0.654. The normalized spacial score (nSPS) is 11.0. The first-order valence-electron chi connectivity index (χ1n) is 7.55. The van der Waals surface area contributed by atoms with Gasteiger partial charge in [0.15, 0.2) is 0 Å². The number of benzene rings is 1. The minimum atomic E-state index is 0.497. The first-order chi connectivity index (χ1) is 11.4. The van der Waals surface area contributed by atoms with E-state index in [9.17, 15) is 0 Å². The van der Waals surface area contributed by atoms with Gasteiger partial charge in [-0.25, -0.2) is 4.98 Å². The Morgan fingerprint density at radius 2 is 2.13 bits per heavy atom. The molecule has 0 aliphatic rings. The zero-order valence-corrected chi connectivity index (χ0v) is 13.1. The van der Waals surface area contributed by atoms with Crippen molar-refractivity contribution in [1.29, 1.82) is 0 Å². The van der Waals surface area contributed by atoms with Crippen LogP contribution >= 0.6 is 0 Å². The van der Waals surface area contributed by atoms with Crippen LogP contribution in [0.5, 0.6) is 5.88 Å². The number of fused-ring (bicyclic) bond motifs is 1. The topological polar surface area (TPSA) is 72.1 Å². The zero-order chi connectivity index (χ0) is 15.9.